The van der Waals surface area contributed by atoms with E-state index in [4.69, 9.17) is 9.47 Å². The lowest BCUT2D eigenvalue weighted by molar-refractivity contribution is 0.0610. The summed E-state index contributed by atoms with van der Waals surface area (Å²) >= 11 is 0. The Balaban J connectivity index is 2.71. The third-order valence-electron chi connectivity index (χ3n) is 2.85. The van der Waals surface area contributed by atoms with Gasteiger partial charge in [-0.2, -0.15) is 0 Å². The molecule has 0 aliphatic rings. The largest absolute Gasteiger partial charge is 0.492 e. The van der Waals surface area contributed by atoms with Crippen LogP contribution in [0.1, 0.15) is 52.1 Å². The van der Waals surface area contributed by atoms with Gasteiger partial charge in [0.15, 0.2) is 0 Å². The van der Waals surface area contributed by atoms with Gasteiger partial charge in [0.2, 0.25) is 0 Å². The van der Waals surface area contributed by atoms with Gasteiger partial charge in [0, 0.05) is 6.20 Å². The molecule has 1 heterocycles. The molecule has 1 unspecified atom stereocenters. The van der Waals surface area contributed by atoms with Gasteiger partial charge in [0.25, 0.3) is 0 Å². The second-order valence-corrected chi connectivity index (χ2v) is 5.19. The zero-order valence-corrected chi connectivity index (χ0v) is 13.2. The Morgan fingerprint density at radius 3 is 2.65 bits per heavy atom. The molecular formula is C16H28N2O2. The van der Waals surface area contributed by atoms with Gasteiger partial charge in [-0.3, -0.25) is 4.98 Å². The Morgan fingerprint density at radius 1 is 1.20 bits per heavy atom. The zero-order chi connectivity index (χ0) is 14.8. The number of rotatable bonds is 10. The number of aromatic nitrogens is 1. The van der Waals surface area contributed by atoms with Crippen LogP contribution in [0.3, 0.4) is 0 Å². The maximum absolute atomic E-state index is 5.75. The van der Waals surface area contributed by atoms with Crippen LogP contribution in [0.15, 0.2) is 18.5 Å². The summed E-state index contributed by atoms with van der Waals surface area (Å²) in [5.74, 6) is 0.831. The molecule has 0 aromatic carbocycles. The predicted molar refractivity (Wildman–Crippen MR) is 82.1 cm³/mol. The van der Waals surface area contributed by atoms with Crippen molar-refractivity contribution >= 4 is 0 Å². The molecule has 0 spiro atoms. The van der Waals surface area contributed by atoms with E-state index >= 15 is 0 Å². The minimum atomic E-state index is 0.162. The lowest BCUT2D eigenvalue weighted by Gasteiger charge is -2.20. The van der Waals surface area contributed by atoms with Crippen LogP contribution in [0.2, 0.25) is 0 Å². The van der Waals surface area contributed by atoms with Crippen molar-refractivity contribution in [1.82, 2.24) is 10.3 Å². The number of hydrogen-bond acceptors (Lipinski definition) is 4. The summed E-state index contributed by atoms with van der Waals surface area (Å²) < 4.78 is 11.4. The van der Waals surface area contributed by atoms with Crippen LogP contribution in [0.4, 0.5) is 0 Å². The van der Waals surface area contributed by atoms with E-state index in [-0.39, 0.29) is 12.1 Å². The van der Waals surface area contributed by atoms with E-state index in [2.05, 4.69) is 44.1 Å². The van der Waals surface area contributed by atoms with E-state index in [1.807, 2.05) is 6.20 Å². The summed E-state index contributed by atoms with van der Waals surface area (Å²) in [6, 6.07) is 2.22. The second-order valence-electron chi connectivity index (χ2n) is 5.19. The summed E-state index contributed by atoms with van der Waals surface area (Å²) in [4.78, 5) is 4.27. The molecule has 114 valence electrons. The predicted octanol–water partition coefficient (Wildman–Crippen LogP) is 3.34. The van der Waals surface area contributed by atoms with Gasteiger partial charge < -0.3 is 14.8 Å². The topological polar surface area (TPSA) is 43.4 Å². The molecule has 0 aliphatic heterocycles. The first-order chi connectivity index (χ1) is 9.67. The standard InChI is InChI=1S/C16H28N2O2/c1-5-7-18-16(12-20-13(3)4)14-9-15(11-17-10-14)19-8-6-2/h9-11,13,16,18H,5-8,12H2,1-4H3. The summed E-state index contributed by atoms with van der Waals surface area (Å²) in [5, 5.41) is 3.50. The van der Waals surface area contributed by atoms with Crippen molar-refractivity contribution in [2.24, 2.45) is 0 Å². The Kier molecular flexibility index (Phi) is 8.23. The molecule has 20 heavy (non-hydrogen) atoms. The van der Waals surface area contributed by atoms with E-state index in [1.54, 1.807) is 6.20 Å². The molecule has 4 nitrogen and oxygen atoms in total. The highest BCUT2D eigenvalue weighted by atomic mass is 16.5. The molecule has 0 fully saturated rings. The first kappa shape index (κ1) is 16.9. The Labute approximate surface area is 122 Å². The van der Waals surface area contributed by atoms with E-state index in [1.165, 1.54) is 0 Å². The van der Waals surface area contributed by atoms with Crippen LogP contribution in [-0.4, -0.2) is 30.8 Å². The highest BCUT2D eigenvalue weighted by Gasteiger charge is 2.13. The van der Waals surface area contributed by atoms with Gasteiger partial charge in [-0.25, -0.2) is 0 Å². The Hall–Kier alpha value is -1.13. The molecule has 0 amide bonds. The van der Waals surface area contributed by atoms with Gasteiger partial charge in [0.1, 0.15) is 5.75 Å². The number of nitrogens with one attached hydrogen (secondary N) is 1. The molecule has 1 rings (SSSR count). The van der Waals surface area contributed by atoms with Crippen molar-refractivity contribution in [2.45, 2.75) is 52.7 Å². The number of nitrogens with zero attached hydrogens (tertiary/aromatic N) is 1. The monoisotopic (exact) mass is 280 g/mol. The molecular weight excluding hydrogens is 252 g/mol. The van der Waals surface area contributed by atoms with E-state index in [0.29, 0.717) is 6.61 Å². The molecule has 1 aromatic rings. The second kappa shape index (κ2) is 9.72. The van der Waals surface area contributed by atoms with Crippen LogP contribution in [0.5, 0.6) is 5.75 Å². The lowest BCUT2D eigenvalue weighted by Crippen LogP contribution is -2.27. The highest BCUT2D eigenvalue weighted by molar-refractivity contribution is 5.26. The maximum Gasteiger partial charge on any atom is 0.137 e. The minimum absolute atomic E-state index is 0.162. The van der Waals surface area contributed by atoms with Crippen LogP contribution in [-0.2, 0) is 4.74 Å². The molecule has 0 aliphatic carbocycles. The molecule has 1 aromatic heterocycles. The fourth-order valence-corrected chi connectivity index (χ4v) is 1.81. The van der Waals surface area contributed by atoms with Crippen LogP contribution in [0, 0.1) is 0 Å². The van der Waals surface area contributed by atoms with E-state index in [0.717, 1.165) is 37.3 Å². The van der Waals surface area contributed by atoms with Gasteiger partial charge in [-0.05, 0) is 44.9 Å². The summed E-state index contributed by atoms with van der Waals surface area (Å²) in [7, 11) is 0. The number of hydrogen-bond donors (Lipinski definition) is 1. The average molecular weight is 280 g/mol. The Bertz CT molecular complexity index is 369. The van der Waals surface area contributed by atoms with Gasteiger partial charge in [0.05, 0.1) is 31.6 Å². The third kappa shape index (κ3) is 6.35. The Morgan fingerprint density at radius 2 is 2.00 bits per heavy atom. The van der Waals surface area contributed by atoms with Crippen molar-refractivity contribution in [3.8, 4) is 5.75 Å². The van der Waals surface area contributed by atoms with E-state index in [9.17, 15) is 0 Å². The highest BCUT2D eigenvalue weighted by Crippen LogP contribution is 2.19. The van der Waals surface area contributed by atoms with Crippen molar-refractivity contribution in [3.63, 3.8) is 0 Å². The fraction of sp³-hybridized carbons (Fsp3) is 0.688. The molecule has 1 N–H and O–H groups in total. The van der Waals surface area contributed by atoms with Gasteiger partial charge in [-0.15, -0.1) is 0 Å². The van der Waals surface area contributed by atoms with Gasteiger partial charge in [-0.1, -0.05) is 13.8 Å². The molecule has 0 bridgehead atoms. The maximum atomic E-state index is 5.75. The molecule has 4 heteroatoms. The summed E-state index contributed by atoms with van der Waals surface area (Å²) in [5.41, 5.74) is 1.12. The molecule has 1 atom stereocenters. The van der Waals surface area contributed by atoms with Crippen molar-refractivity contribution in [3.05, 3.63) is 24.0 Å². The van der Waals surface area contributed by atoms with Crippen LogP contribution in [0.25, 0.3) is 0 Å². The SMILES string of the molecule is CCCNC(COC(C)C)c1cncc(OCCC)c1. The fourth-order valence-electron chi connectivity index (χ4n) is 1.81. The van der Waals surface area contributed by atoms with Crippen molar-refractivity contribution in [2.75, 3.05) is 19.8 Å². The smallest absolute Gasteiger partial charge is 0.137 e. The quantitative estimate of drug-likeness (QED) is 0.714. The van der Waals surface area contributed by atoms with Gasteiger partial charge >= 0.3 is 0 Å². The van der Waals surface area contributed by atoms with Crippen LogP contribution >= 0.6 is 0 Å². The normalized spacial score (nSPS) is 12.7. The molecule has 0 saturated carbocycles. The zero-order valence-electron chi connectivity index (χ0n) is 13.2. The lowest BCUT2D eigenvalue weighted by atomic mass is 10.1. The molecule has 0 saturated heterocycles. The summed E-state index contributed by atoms with van der Waals surface area (Å²) in [6.07, 6.45) is 5.97. The first-order valence-electron chi connectivity index (χ1n) is 7.60. The summed E-state index contributed by atoms with van der Waals surface area (Å²) in [6.45, 7) is 10.7. The number of pyridine rings is 1. The number of ether oxygens (including phenoxy) is 2. The average Bonchev–Trinajstić information content (AvgIpc) is 2.45. The third-order valence-corrected chi connectivity index (χ3v) is 2.85. The first-order valence-corrected chi connectivity index (χ1v) is 7.60. The van der Waals surface area contributed by atoms with Crippen LogP contribution < -0.4 is 10.1 Å². The molecule has 0 radical (unpaired) electrons. The van der Waals surface area contributed by atoms with E-state index < -0.39 is 0 Å². The minimum Gasteiger partial charge on any atom is -0.492 e. The van der Waals surface area contributed by atoms with Crippen molar-refractivity contribution in [1.29, 1.82) is 0 Å². The van der Waals surface area contributed by atoms with Crippen molar-refractivity contribution < 1.29 is 9.47 Å².